The van der Waals surface area contributed by atoms with Gasteiger partial charge >= 0.3 is 0 Å². The van der Waals surface area contributed by atoms with Crippen LogP contribution in [-0.4, -0.2) is 37.6 Å². The van der Waals surface area contributed by atoms with E-state index in [0.717, 1.165) is 41.8 Å². The van der Waals surface area contributed by atoms with E-state index in [1.165, 1.54) is 24.0 Å². The molecule has 1 amide bonds. The molecule has 0 bridgehead atoms. The van der Waals surface area contributed by atoms with Crippen molar-refractivity contribution in [2.75, 3.05) is 26.7 Å². The van der Waals surface area contributed by atoms with E-state index < -0.39 is 0 Å². The van der Waals surface area contributed by atoms with Gasteiger partial charge in [0.05, 0.1) is 25.8 Å². The zero-order valence-corrected chi connectivity index (χ0v) is 17.8. The van der Waals surface area contributed by atoms with Crippen molar-refractivity contribution in [1.82, 2.24) is 10.2 Å². The van der Waals surface area contributed by atoms with Gasteiger partial charge in [0.15, 0.2) is 0 Å². The molecular weight excluding hydrogens is 376 g/mol. The first kappa shape index (κ1) is 20.5. The van der Waals surface area contributed by atoms with E-state index in [1.807, 2.05) is 12.1 Å². The van der Waals surface area contributed by atoms with Crippen molar-refractivity contribution < 1.29 is 13.9 Å². The molecule has 0 spiro atoms. The van der Waals surface area contributed by atoms with E-state index in [-0.39, 0.29) is 11.9 Å². The minimum atomic E-state index is 0.0179. The second kappa shape index (κ2) is 9.35. The van der Waals surface area contributed by atoms with Gasteiger partial charge in [-0.2, -0.15) is 0 Å². The van der Waals surface area contributed by atoms with Gasteiger partial charge in [0.2, 0.25) is 5.91 Å². The SMILES string of the molecule is CCc1ccc2c(CC(=O)NC[C@@H](c3cccc(OC)c3)N3CCCC3)coc2c1. The highest BCUT2D eigenvalue weighted by atomic mass is 16.5. The molecule has 0 radical (unpaired) electrons. The van der Waals surface area contributed by atoms with Gasteiger partial charge in [-0.25, -0.2) is 0 Å². The predicted octanol–water partition coefficient (Wildman–Crippen LogP) is 4.50. The quantitative estimate of drug-likeness (QED) is 0.598. The molecule has 2 heterocycles. The van der Waals surface area contributed by atoms with Gasteiger partial charge in [-0.05, 0) is 61.7 Å². The lowest BCUT2D eigenvalue weighted by Gasteiger charge is -2.28. The maximum absolute atomic E-state index is 12.8. The molecule has 1 N–H and O–H groups in total. The Kier molecular flexibility index (Phi) is 6.38. The fraction of sp³-hybridized carbons (Fsp3) is 0.400. The summed E-state index contributed by atoms with van der Waals surface area (Å²) in [7, 11) is 1.68. The summed E-state index contributed by atoms with van der Waals surface area (Å²) in [4.78, 5) is 15.2. The normalized spacial score (nSPS) is 15.4. The number of fused-ring (bicyclic) bond motifs is 1. The first-order valence-corrected chi connectivity index (χ1v) is 10.8. The van der Waals surface area contributed by atoms with E-state index in [9.17, 15) is 4.79 Å². The Balaban J connectivity index is 1.45. The molecule has 0 saturated carbocycles. The minimum absolute atomic E-state index is 0.0179. The van der Waals surface area contributed by atoms with Crippen molar-refractivity contribution in [3.63, 3.8) is 0 Å². The van der Waals surface area contributed by atoms with Crippen molar-refractivity contribution in [1.29, 1.82) is 0 Å². The number of furan rings is 1. The minimum Gasteiger partial charge on any atom is -0.497 e. The number of nitrogens with zero attached hydrogens (tertiary/aromatic N) is 1. The fourth-order valence-corrected chi connectivity index (χ4v) is 4.29. The Morgan fingerprint density at radius 1 is 1.20 bits per heavy atom. The van der Waals surface area contributed by atoms with E-state index in [2.05, 4.69) is 47.5 Å². The van der Waals surface area contributed by atoms with Crippen LogP contribution >= 0.6 is 0 Å². The molecular formula is C25H30N2O3. The van der Waals surface area contributed by atoms with Crippen molar-refractivity contribution >= 4 is 16.9 Å². The zero-order valence-electron chi connectivity index (χ0n) is 17.8. The average molecular weight is 407 g/mol. The molecule has 1 aromatic heterocycles. The molecule has 1 aliphatic rings. The number of carbonyl (C=O) groups excluding carboxylic acids is 1. The molecule has 1 aliphatic heterocycles. The van der Waals surface area contributed by atoms with Crippen molar-refractivity contribution in [2.45, 2.75) is 38.6 Å². The Labute approximate surface area is 178 Å². The number of hydrogen-bond acceptors (Lipinski definition) is 4. The number of nitrogens with one attached hydrogen (secondary N) is 1. The second-order valence-corrected chi connectivity index (χ2v) is 7.96. The zero-order chi connectivity index (χ0) is 20.9. The summed E-state index contributed by atoms with van der Waals surface area (Å²) < 4.78 is 11.1. The van der Waals surface area contributed by atoms with Crippen LogP contribution in [0.5, 0.6) is 5.75 Å². The third kappa shape index (κ3) is 4.51. The first-order chi connectivity index (χ1) is 14.7. The van der Waals surface area contributed by atoms with Crippen LogP contribution < -0.4 is 10.1 Å². The molecule has 4 rings (SSSR count). The smallest absolute Gasteiger partial charge is 0.224 e. The van der Waals surface area contributed by atoms with Crippen LogP contribution in [0, 0.1) is 0 Å². The van der Waals surface area contributed by atoms with Gasteiger partial charge in [0.1, 0.15) is 11.3 Å². The van der Waals surface area contributed by atoms with Crippen LogP contribution in [0.25, 0.3) is 11.0 Å². The topological polar surface area (TPSA) is 54.7 Å². The maximum atomic E-state index is 12.8. The van der Waals surface area contributed by atoms with Gasteiger partial charge in [-0.1, -0.05) is 31.2 Å². The average Bonchev–Trinajstić information content (AvgIpc) is 3.44. The summed E-state index contributed by atoms with van der Waals surface area (Å²) in [5.41, 5.74) is 4.20. The molecule has 0 aliphatic carbocycles. The third-order valence-electron chi connectivity index (χ3n) is 6.03. The summed E-state index contributed by atoms with van der Waals surface area (Å²) >= 11 is 0. The van der Waals surface area contributed by atoms with Crippen LogP contribution in [0.15, 0.2) is 53.1 Å². The molecule has 30 heavy (non-hydrogen) atoms. The van der Waals surface area contributed by atoms with Gasteiger partial charge in [-0.15, -0.1) is 0 Å². The van der Waals surface area contributed by atoms with Gasteiger partial charge in [0, 0.05) is 17.5 Å². The number of ether oxygens (including phenoxy) is 1. The number of rotatable bonds is 8. The third-order valence-corrected chi connectivity index (χ3v) is 6.03. The standard InChI is InChI=1S/C25H30N2O3/c1-3-18-9-10-22-20(17-30-24(22)13-18)15-25(28)26-16-23(27-11-4-5-12-27)19-7-6-8-21(14-19)29-2/h6-10,13-14,17,23H,3-5,11-12,15-16H2,1-2H3,(H,26,28)/t23-/m0/s1. The highest BCUT2D eigenvalue weighted by Gasteiger charge is 2.24. The van der Waals surface area contributed by atoms with Gasteiger partial charge < -0.3 is 14.5 Å². The number of aryl methyl sites for hydroxylation is 1. The monoisotopic (exact) mass is 406 g/mol. The Morgan fingerprint density at radius 2 is 2.03 bits per heavy atom. The van der Waals surface area contributed by atoms with E-state index in [0.29, 0.717) is 13.0 Å². The Hall–Kier alpha value is -2.79. The molecule has 0 unspecified atom stereocenters. The molecule has 3 aromatic rings. The maximum Gasteiger partial charge on any atom is 0.224 e. The molecule has 2 aromatic carbocycles. The van der Waals surface area contributed by atoms with Gasteiger partial charge in [0.25, 0.3) is 0 Å². The number of amides is 1. The van der Waals surface area contributed by atoms with Crippen LogP contribution in [0.3, 0.4) is 0 Å². The molecule has 1 saturated heterocycles. The van der Waals surface area contributed by atoms with E-state index >= 15 is 0 Å². The first-order valence-electron chi connectivity index (χ1n) is 10.8. The summed E-state index contributed by atoms with van der Waals surface area (Å²) in [6.07, 6.45) is 5.41. The highest BCUT2D eigenvalue weighted by Crippen LogP contribution is 2.27. The number of methoxy groups -OCH3 is 1. The van der Waals surface area contributed by atoms with Crippen LogP contribution in [0.1, 0.15) is 42.5 Å². The molecule has 5 nitrogen and oxygen atoms in total. The second-order valence-electron chi connectivity index (χ2n) is 7.96. The summed E-state index contributed by atoms with van der Waals surface area (Å²) in [6.45, 7) is 4.83. The van der Waals surface area contributed by atoms with Crippen LogP contribution in [-0.2, 0) is 17.6 Å². The molecule has 1 fully saturated rings. The molecule has 158 valence electrons. The van der Waals surface area contributed by atoms with Crippen molar-refractivity contribution in [3.8, 4) is 5.75 Å². The predicted molar refractivity (Wildman–Crippen MR) is 119 cm³/mol. The molecule has 1 atom stereocenters. The largest absolute Gasteiger partial charge is 0.497 e. The highest BCUT2D eigenvalue weighted by molar-refractivity contribution is 5.88. The lowest BCUT2D eigenvalue weighted by molar-refractivity contribution is -0.120. The lowest BCUT2D eigenvalue weighted by atomic mass is 10.0. The van der Waals surface area contributed by atoms with E-state index in [4.69, 9.17) is 9.15 Å². The Morgan fingerprint density at radius 3 is 2.80 bits per heavy atom. The Bertz CT molecular complexity index is 1000. The number of hydrogen-bond donors (Lipinski definition) is 1. The van der Waals surface area contributed by atoms with Crippen molar-refractivity contribution in [2.24, 2.45) is 0 Å². The summed E-state index contributed by atoms with van der Waals surface area (Å²) in [5, 5.41) is 4.18. The van der Waals surface area contributed by atoms with Crippen LogP contribution in [0.2, 0.25) is 0 Å². The fourth-order valence-electron chi connectivity index (χ4n) is 4.29. The van der Waals surface area contributed by atoms with Crippen molar-refractivity contribution in [3.05, 3.63) is 65.4 Å². The summed E-state index contributed by atoms with van der Waals surface area (Å²) in [6, 6.07) is 14.5. The lowest BCUT2D eigenvalue weighted by Crippen LogP contribution is -2.37. The number of benzene rings is 2. The number of carbonyl (C=O) groups is 1. The molecule has 5 heteroatoms. The van der Waals surface area contributed by atoms with Crippen LogP contribution in [0.4, 0.5) is 0 Å². The summed E-state index contributed by atoms with van der Waals surface area (Å²) in [5.74, 6) is 0.865. The van der Waals surface area contributed by atoms with Gasteiger partial charge in [-0.3, -0.25) is 9.69 Å². The number of likely N-dealkylation sites (tertiary alicyclic amines) is 1. The van der Waals surface area contributed by atoms with E-state index in [1.54, 1.807) is 13.4 Å².